The molecule has 1 aromatic carbocycles. The van der Waals surface area contributed by atoms with E-state index in [9.17, 15) is 13.2 Å². The fourth-order valence-corrected chi connectivity index (χ4v) is 2.95. The number of anilines is 1. The third-order valence-electron chi connectivity index (χ3n) is 4.50. The van der Waals surface area contributed by atoms with Crippen molar-refractivity contribution in [2.24, 2.45) is 5.10 Å². The predicted octanol–water partition coefficient (Wildman–Crippen LogP) is 3.83. The van der Waals surface area contributed by atoms with Gasteiger partial charge in [-0.05, 0) is 30.7 Å². The van der Waals surface area contributed by atoms with Crippen molar-refractivity contribution >= 4 is 12.2 Å². The zero-order valence-corrected chi connectivity index (χ0v) is 15.8. The van der Waals surface area contributed by atoms with Crippen LogP contribution in [0.25, 0.3) is 0 Å². The molecule has 0 amide bonds. The van der Waals surface area contributed by atoms with Crippen molar-refractivity contribution in [3.05, 3.63) is 77.4 Å². The summed E-state index contributed by atoms with van der Waals surface area (Å²) in [4.78, 5) is 12.6. The van der Waals surface area contributed by atoms with E-state index < -0.39 is 11.7 Å². The number of rotatable bonds is 5. The van der Waals surface area contributed by atoms with Gasteiger partial charge in [0.2, 0.25) is 0 Å². The number of aromatic nitrogens is 3. The van der Waals surface area contributed by atoms with E-state index in [1.165, 1.54) is 23.6 Å². The summed E-state index contributed by atoms with van der Waals surface area (Å²) in [5.41, 5.74) is 3.75. The number of hydrazine groups is 1. The lowest BCUT2D eigenvalue weighted by Crippen LogP contribution is -2.32. The average Bonchev–Trinajstić information content (AvgIpc) is 3.23. The Morgan fingerprint density at radius 2 is 1.87 bits per heavy atom. The maximum absolute atomic E-state index is 13.2. The molecule has 1 unspecified atom stereocenters. The van der Waals surface area contributed by atoms with Crippen LogP contribution in [-0.4, -0.2) is 21.2 Å². The van der Waals surface area contributed by atoms with Crippen LogP contribution in [0.2, 0.25) is 0 Å². The number of hydrazone groups is 1. The number of nitrogens with zero attached hydrogens (tertiary/aromatic N) is 5. The van der Waals surface area contributed by atoms with Gasteiger partial charge < -0.3 is 4.74 Å². The maximum atomic E-state index is 13.2. The number of aryl methyl sites for hydroxylation is 1. The highest BCUT2D eigenvalue weighted by Crippen LogP contribution is 2.33. The highest BCUT2D eigenvalue weighted by molar-refractivity contribution is 5.70. The number of hydrogen-bond acceptors (Lipinski definition) is 7. The van der Waals surface area contributed by atoms with Crippen molar-refractivity contribution in [1.82, 2.24) is 20.4 Å². The summed E-state index contributed by atoms with van der Waals surface area (Å²) in [6.07, 6.45) is 1.69. The van der Waals surface area contributed by atoms with Gasteiger partial charge in [-0.15, -0.1) is 0 Å². The number of halogens is 3. The predicted molar refractivity (Wildman–Crippen MR) is 104 cm³/mol. The van der Waals surface area contributed by atoms with Crippen molar-refractivity contribution < 1.29 is 17.9 Å². The Balaban J connectivity index is 1.42. The summed E-state index contributed by atoms with van der Waals surface area (Å²) in [6.45, 7) is 1.37. The number of nitrogens with one attached hydrogen (secondary N) is 1. The van der Waals surface area contributed by atoms with Gasteiger partial charge in [0.1, 0.15) is 12.6 Å². The second-order valence-corrected chi connectivity index (χ2v) is 6.54. The van der Waals surface area contributed by atoms with E-state index in [0.29, 0.717) is 5.56 Å². The molecule has 30 heavy (non-hydrogen) atoms. The van der Waals surface area contributed by atoms with Gasteiger partial charge in [-0.1, -0.05) is 18.2 Å². The molecule has 1 aliphatic rings. The Hall–Kier alpha value is -3.53. The van der Waals surface area contributed by atoms with E-state index in [-0.39, 0.29) is 29.9 Å². The minimum Gasteiger partial charge on any atom is -0.486 e. The largest absolute Gasteiger partial charge is 0.486 e. The first kappa shape index (κ1) is 19.8. The molecule has 10 heteroatoms. The first-order valence-corrected chi connectivity index (χ1v) is 9.03. The molecule has 3 aromatic rings. The van der Waals surface area contributed by atoms with Crippen molar-refractivity contribution in [2.45, 2.75) is 25.7 Å². The molecule has 0 radical (unpaired) electrons. The van der Waals surface area contributed by atoms with Gasteiger partial charge in [-0.3, -0.25) is 4.98 Å². The SMILES string of the molecule is Cc1cccc(C(F)(F)F)c1COc1cnc(N2N=CC(c3ccccn3)N2)nc1. The van der Waals surface area contributed by atoms with E-state index in [4.69, 9.17) is 4.74 Å². The zero-order valence-electron chi connectivity index (χ0n) is 15.8. The minimum absolute atomic E-state index is 0.0816. The molecule has 2 aromatic heterocycles. The monoisotopic (exact) mass is 414 g/mol. The Kier molecular flexibility index (Phi) is 5.32. The lowest BCUT2D eigenvalue weighted by atomic mass is 10.0. The van der Waals surface area contributed by atoms with Gasteiger partial charge in [0.25, 0.3) is 5.95 Å². The van der Waals surface area contributed by atoms with Gasteiger partial charge in [0.05, 0.1) is 29.9 Å². The smallest absolute Gasteiger partial charge is 0.416 e. The molecule has 0 saturated carbocycles. The van der Waals surface area contributed by atoms with E-state index in [1.54, 1.807) is 25.4 Å². The van der Waals surface area contributed by atoms with Crippen LogP contribution in [0.1, 0.15) is 28.4 Å². The zero-order chi connectivity index (χ0) is 21.1. The minimum atomic E-state index is -4.45. The third kappa shape index (κ3) is 4.23. The fraction of sp³-hybridized carbons (Fsp3) is 0.200. The Labute approximate surface area is 170 Å². The number of hydrogen-bond donors (Lipinski definition) is 1. The van der Waals surface area contributed by atoms with Crippen LogP contribution in [0.5, 0.6) is 5.75 Å². The van der Waals surface area contributed by atoms with Crippen LogP contribution in [0, 0.1) is 6.92 Å². The molecule has 0 saturated heterocycles. The molecule has 1 atom stereocenters. The van der Waals surface area contributed by atoms with Crippen molar-refractivity contribution in [3.8, 4) is 5.75 Å². The normalized spacial score (nSPS) is 16.1. The van der Waals surface area contributed by atoms with Crippen LogP contribution < -0.4 is 15.3 Å². The van der Waals surface area contributed by atoms with E-state index in [2.05, 4.69) is 25.5 Å². The molecule has 0 aliphatic carbocycles. The number of alkyl halides is 3. The molecule has 0 fully saturated rings. The Morgan fingerprint density at radius 1 is 1.07 bits per heavy atom. The standard InChI is InChI=1S/C20H17F3N6O/c1-13-5-4-6-16(20(21,22)23)15(13)12-30-14-9-25-19(26-10-14)29-27-11-18(28-29)17-7-2-3-8-24-17/h2-11,18,28H,12H2,1H3. The van der Waals surface area contributed by atoms with Gasteiger partial charge in [0, 0.05) is 11.8 Å². The van der Waals surface area contributed by atoms with Gasteiger partial charge in [0.15, 0.2) is 5.75 Å². The summed E-state index contributed by atoms with van der Waals surface area (Å²) < 4.78 is 45.2. The highest BCUT2D eigenvalue weighted by Gasteiger charge is 2.33. The van der Waals surface area contributed by atoms with Crippen molar-refractivity contribution in [1.29, 1.82) is 0 Å². The summed E-state index contributed by atoms with van der Waals surface area (Å²) in [6, 6.07) is 9.38. The van der Waals surface area contributed by atoms with Gasteiger partial charge in [-0.25, -0.2) is 9.97 Å². The molecule has 1 N–H and O–H groups in total. The quantitative estimate of drug-likeness (QED) is 0.684. The maximum Gasteiger partial charge on any atom is 0.416 e. The fourth-order valence-electron chi connectivity index (χ4n) is 2.95. The second-order valence-electron chi connectivity index (χ2n) is 6.54. The summed E-state index contributed by atoms with van der Waals surface area (Å²) in [5.74, 6) is 0.517. The van der Waals surface area contributed by atoms with E-state index in [1.807, 2.05) is 18.2 Å². The highest BCUT2D eigenvalue weighted by atomic mass is 19.4. The van der Waals surface area contributed by atoms with Crippen LogP contribution in [0.4, 0.5) is 19.1 Å². The average molecular weight is 414 g/mol. The van der Waals surface area contributed by atoms with Crippen LogP contribution >= 0.6 is 0 Å². The molecule has 3 heterocycles. The number of ether oxygens (including phenoxy) is 1. The number of benzene rings is 1. The molecule has 154 valence electrons. The molecule has 7 nitrogen and oxygen atoms in total. The van der Waals surface area contributed by atoms with Crippen LogP contribution in [-0.2, 0) is 12.8 Å². The van der Waals surface area contributed by atoms with Crippen LogP contribution in [0.3, 0.4) is 0 Å². The topological polar surface area (TPSA) is 75.5 Å². The molecule has 0 bridgehead atoms. The van der Waals surface area contributed by atoms with Gasteiger partial charge in [-0.2, -0.15) is 28.8 Å². The van der Waals surface area contributed by atoms with E-state index >= 15 is 0 Å². The third-order valence-corrected chi connectivity index (χ3v) is 4.50. The molecular formula is C20H17F3N6O. The summed E-state index contributed by atoms with van der Waals surface area (Å²) in [7, 11) is 0. The first-order valence-electron chi connectivity index (χ1n) is 9.03. The van der Waals surface area contributed by atoms with Crippen LogP contribution in [0.15, 0.2) is 60.1 Å². The Morgan fingerprint density at radius 3 is 2.57 bits per heavy atom. The van der Waals surface area contributed by atoms with Gasteiger partial charge >= 0.3 is 6.18 Å². The molecule has 1 aliphatic heterocycles. The second kappa shape index (κ2) is 8.07. The molecule has 0 spiro atoms. The summed E-state index contributed by atoms with van der Waals surface area (Å²) in [5, 5.41) is 5.60. The lowest BCUT2D eigenvalue weighted by molar-refractivity contribution is -0.138. The first-order chi connectivity index (χ1) is 14.4. The molecule has 4 rings (SSSR count). The van der Waals surface area contributed by atoms with Crippen molar-refractivity contribution in [2.75, 3.05) is 5.12 Å². The number of pyridine rings is 1. The summed E-state index contributed by atoms with van der Waals surface area (Å²) >= 11 is 0. The Bertz CT molecular complexity index is 1040. The lowest BCUT2D eigenvalue weighted by Gasteiger charge is -2.17. The molecular weight excluding hydrogens is 397 g/mol. The van der Waals surface area contributed by atoms with Crippen molar-refractivity contribution in [3.63, 3.8) is 0 Å². The van der Waals surface area contributed by atoms with E-state index in [0.717, 1.165) is 11.8 Å².